The summed E-state index contributed by atoms with van der Waals surface area (Å²) < 4.78 is 37.6. The standard InChI is InChI=1S/C16H22F3N/c1-12(2)20-11-15(8-3-9-15)10-13-4-6-14(7-5-13)16(17,18)19/h4-7,12,20H,3,8-11H2,1-2H3. The summed E-state index contributed by atoms with van der Waals surface area (Å²) in [4.78, 5) is 0. The highest BCUT2D eigenvalue weighted by molar-refractivity contribution is 5.26. The largest absolute Gasteiger partial charge is 0.416 e. The zero-order valence-corrected chi connectivity index (χ0v) is 12.1. The molecule has 0 heterocycles. The van der Waals surface area contributed by atoms with Gasteiger partial charge in [-0.25, -0.2) is 0 Å². The molecule has 112 valence electrons. The van der Waals surface area contributed by atoms with Gasteiger partial charge in [0.1, 0.15) is 0 Å². The number of benzene rings is 1. The maximum absolute atomic E-state index is 12.5. The van der Waals surface area contributed by atoms with Crippen LogP contribution in [0.15, 0.2) is 24.3 Å². The van der Waals surface area contributed by atoms with Crippen molar-refractivity contribution in [2.24, 2.45) is 5.41 Å². The summed E-state index contributed by atoms with van der Waals surface area (Å²) in [5, 5.41) is 3.46. The Hall–Kier alpha value is -1.03. The molecule has 0 atom stereocenters. The van der Waals surface area contributed by atoms with Crippen molar-refractivity contribution in [2.45, 2.75) is 51.7 Å². The molecule has 1 aromatic rings. The fourth-order valence-corrected chi connectivity index (χ4v) is 2.76. The lowest BCUT2D eigenvalue weighted by Gasteiger charge is -2.43. The van der Waals surface area contributed by atoms with Gasteiger partial charge in [-0.3, -0.25) is 0 Å². The highest BCUT2D eigenvalue weighted by atomic mass is 19.4. The van der Waals surface area contributed by atoms with Crippen LogP contribution in [0.3, 0.4) is 0 Å². The Morgan fingerprint density at radius 1 is 1.15 bits per heavy atom. The monoisotopic (exact) mass is 285 g/mol. The Bertz CT molecular complexity index is 430. The Morgan fingerprint density at radius 3 is 2.15 bits per heavy atom. The SMILES string of the molecule is CC(C)NCC1(Cc2ccc(C(F)(F)F)cc2)CCC1. The summed E-state index contributed by atoms with van der Waals surface area (Å²) in [6.45, 7) is 5.18. The molecule has 0 spiro atoms. The molecular weight excluding hydrogens is 263 g/mol. The number of rotatable bonds is 5. The van der Waals surface area contributed by atoms with Gasteiger partial charge in [0.2, 0.25) is 0 Å². The van der Waals surface area contributed by atoms with Gasteiger partial charge >= 0.3 is 6.18 Å². The van der Waals surface area contributed by atoms with Crippen molar-refractivity contribution in [1.29, 1.82) is 0 Å². The smallest absolute Gasteiger partial charge is 0.314 e. The molecule has 0 aliphatic heterocycles. The minimum absolute atomic E-state index is 0.240. The molecule has 0 unspecified atom stereocenters. The van der Waals surface area contributed by atoms with Crippen LogP contribution >= 0.6 is 0 Å². The van der Waals surface area contributed by atoms with Gasteiger partial charge in [0.25, 0.3) is 0 Å². The van der Waals surface area contributed by atoms with Gasteiger partial charge in [-0.05, 0) is 42.4 Å². The van der Waals surface area contributed by atoms with Gasteiger partial charge in [0, 0.05) is 12.6 Å². The molecule has 1 nitrogen and oxygen atoms in total. The quantitative estimate of drug-likeness (QED) is 0.844. The van der Waals surface area contributed by atoms with Crippen molar-refractivity contribution in [3.05, 3.63) is 35.4 Å². The van der Waals surface area contributed by atoms with Crippen LogP contribution in [0.1, 0.15) is 44.2 Å². The molecule has 0 aromatic heterocycles. The fourth-order valence-electron chi connectivity index (χ4n) is 2.76. The van der Waals surface area contributed by atoms with Crippen molar-refractivity contribution >= 4 is 0 Å². The van der Waals surface area contributed by atoms with Gasteiger partial charge < -0.3 is 5.32 Å². The third-order valence-electron chi connectivity index (χ3n) is 4.16. The van der Waals surface area contributed by atoms with Crippen molar-refractivity contribution < 1.29 is 13.2 Å². The first-order valence-electron chi connectivity index (χ1n) is 7.20. The highest BCUT2D eigenvalue weighted by Crippen LogP contribution is 2.43. The molecular formula is C16H22F3N. The van der Waals surface area contributed by atoms with Crippen LogP contribution in [-0.4, -0.2) is 12.6 Å². The topological polar surface area (TPSA) is 12.0 Å². The predicted molar refractivity (Wildman–Crippen MR) is 74.6 cm³/mol. The third-order valence-corrected chi connectivity index (χ3v) is 4.16. The Balaban J connectivity index is 2.01. The molecule has 0 saturated heterocycles. The van der Waals surface area contributed by atoms with Gasteiger partial charge in [0.05, 0.1) is 5.56 Å². The van der Waals surface area contributed by atoms with Crippen LogP contribution in [0.2, 0.25) is 0 Å². The average Bonchev–Trinajstić information content (AvgIpc) is 2.31. The summed E-state index contributed by atoms with van der Waals surface area (Å²) in [7, 11) is 0. The van der Waals surface area contributed by atoms with Crippen LogP contribution < -0.4 is 5.32 Å². The molecule has 1 N–H and O–H groups in total. The second-order valence-electron chi connectivity index (χ2n) is 6.26. The zero-order chi connectivity index (χ0) is 14.8. The summed E-state index contributed by atoms with van der Waals surface area (Å²) in [6, 6.07) is 6.08. The lowest BCUT2D eigenvalue weighted by molar-refractivity contribution is -0.137. The van der Waals surface area contributed by atoms with Crippen LogP contribution in [0.4, 0.5) is 13.2 Å². The fraction of sp³-hybridized carbons (Fsp3) is 0.625. The van der Waals surface area contributed by atoms with E-state index in [1.54, 1.807) is 12.1 Å². The van der Waals surface area contributed by atoms with Crippen LogP contribution in [0.25, 0.3) is 0 Å². The number of hydrogen-bond donors (Lipinski definition) is 1. The van der Waals surface area contributed by atoms with E-state index in [2.05, 4.69) is 19.2 Å². The predicted octanol–water partition coefficient (Wildman–Crippen LogP) is 4.42. The summed E-state index contributed by atoms with van der Waals surface area (Å²) in [5.41, 5.74) is 0.678. The minimum Gasteiger partial charge on any atom is -0.314 e. The molecule has 1 aromatic carbocycles. The maximum Gasteiger partial charge on any atom is 0.416 e. The highest BCUT2D eigenvalue weighted by Gasteiger charge is 2.37. The number of nitrogens with one attached hydrogen (secondary N) is 1. The maximum atomic E-state index is 12.5. The average molecular weight is 285 g/mol. The van der Waals surface area contributed by atoms with Gasteiger partial charge in [-0.15, -0.1) is 0 Å². The first kappa shape index (κ1) is 15.4. The van der Waals surface area contributed by atoms with Crippen LogP contribution in [0, 0.1) is 5.41 Å². The molecule has 1 fully saturated rings. The molecule has 0 bridgehead atoms. The second-order valence-corrected chi connectivity index (χ2v) is 6.26. The third kappa shape index (κ3) is 3.75. The number of halogens is 3. The molecule has 20 heavy (non-hydrogen) atoms. The lowest BCUT2D eigenvalue weighted by atomic mass is 9.65. The van der Waals surface area contributed by atoms with Crippen molar-refractivity contribution in [3.8, 4) is 0 Å². The Morgan fingerprint density at radius 2 is 1.75 bits per heavy atom. The molecule has 1 saturated carbocycles. The van der Waals surface area contributed by atoms with Crippen molar-refractivity contribution in [2.75, 3.05) is 6.54 Å². The van der Waals surface area contributed by atoms with Crippen molar-refractivity contribution in [3.63, 3.8) is 0 Å². The van der Waals surface area contributed by atoms with Gasteiger partial charge in [0.15, 0.2) is 0 Å². The van der Waals surface area contributed by atoms with E-state index in [0.717, 1.165) is 31.4 Å². The molecule has 4 heteroatoms. The van der Waals surface area contributed by atoms with E-state index in [9.17, 15) is 13.2 Å². The molecule has 1 aliphatic carbocycles. The van der Waals surface area contributed by atoms with E-state index >= 15 is 0 Å². The first-order chi connectivity index (χ1) is 9.31. The Labute approximate surface area is 118 Å². The van der Waals surface area contributed by atoms with E-state index in [-0.39, 0.29) is 5.41 Å². The van der Waals surface area contributed by atoms with Crippen molar-refractivity contribution in [1.82, 2.24) is 5.32 Å². The zero-order valence-electron chi connectivity index (χ0n) is 12.1. The van der Waals surface area contributed by atoms with E-state index in [1.807, 2.05) is 0 Å². The number of alkyl halides is 3. The Kier molecular flexibility index (Phi) is 4.43. The first-order valence-corrected chi connectivity index (χ1v) is 7.20. The summed E-state index contributed by atoms with van der Waals surface area (Å²) in [6.07, 6.45) is 0.165. The summed E-state index contributed by atoms with van der Waals surface area (Å²) >= 11 is 0. The van der Waals surface area contributed by atoms with Gasteiger partial charge in [-0.1, -0.05) is 32.4 Å². The molecule has 0 radical (unpaired) electrons. The lowest BCUT2D eigenvalue weighted by Crippen LogP contribution is -2.43. The minimum atomic E-state index is -4.24. The van der Waals surface area contributed by atoms with Gasteiger partial charge in [-0.2, -0.15) is 13.2 Å². The summed E-state index contributed by atoms with van der Waals surface area (Å²) in [5.74, 6) is 0. The molecule has 0 amide bonds. The van der Waals surface area contributed by atoms with E-state index in [0.29, 0.717) is 6.04 Å². The molecule has 2 rings (SSSR count). The van der Waals surface area contributed by atoms with E-state index in [4.69, 9.17) is 0 Å². The second kappa shape index (κ2) is 5.76. The normalized spacial score (nSPS) is 18.1. The van der Waals surface area contributed by atoms with Crippen LogP contribution in [-0.2, 0) is 12.6 Å². The van der Waals surface area contributed by atoms with E-state index in [1.165, 1.54) is 18.6 Å². The molecule has 1 aliphatic rings. The van der Waals surface area contributed by atoms with E-state index < -0.39 is 11.7 Å². The van der Waals surface area contributed by atoms with Crippen LogP contribution in [0.5, 0.6) is 0 Å². The number of hydrogen-bond acceptors (Lipinski definition) is 1.